The molecule has 0 amide bonds. The number of hydrogen-bond acceptors (Lipinski definition) is 3. The molecule has 0 spiro atoms. The minimum atomic E-state index is -3.86. The molecule has 0 unspecified atom stereocenters. The van der Waals surface area contributed by atoms with Crippen LogP contribution >= 0.6 is 6.60 Å². The minimum absolute atomic E-state index is 0.645. The summed E-state index contributed by atoms with van der Waals surface area (Å²) in [4.78, 5) is 0. The van der Waals surface area contributed by atoms with Gasteiger partial charge >= 0.3 is 339 Å². The van der Waals surface area contributed by atoms with E-state index in [-0.39, 0.29) is 0 Å². The molecular weight excluding hydrogens is 714 g/mol. The van der Waals surface area contributed by atoms with E-state index in [1.165, 1.54) is 32.1 Å². The van der Waals surface area contributed by atoms with Gasteiger partial charge in [0.05, 0.1) is 0 Å². The second kappa shape index (κ2) is 16.0. The first-order chi connectivity index (χ1) is 27.8. The zero-order valence-corrected chi connectivity index (χ0v) is 33.8. The average molecular weight is 761 g/mol. The van der Waals surface area contributed by atoms with Gasteiger partial charge in [0.15, 0.2) is 0 Å². The van der Waals surface area contributed by atoms with E-state index in [1.54, 1.807) is 0 Å². The first-order valence-electron chi connectivity index (χ1n) is 19.4. The number of benzene rings is 8. The first kappa shape index (κ1) is 37.6. The van der Waals surface area contributed by atoms with E-state index in [0.29, 0.717) is 17.2 Å². The van der Waals surface area contributed by atoms with E-state index in [0.717, 1.165) is 27.8 Å². The molecule has 0 N–H and O–H groups in total. The molecule has 0 aliphatic rings. The summed E-state index contributed by atoms with van der Waals surface area (Å²) in [6.07, 6.45) is 0. The fraction of sp³-hybridized carbons (Fsp3) is 0.0769. The van der Waals surface area contributed by atoms with Gasteiger partial charge in [0.2, 0.25) is 0 Å². The summed E-state index contributed by atoms with van der Waals surface area (Å²) >= 11 is 0. The Morgan fingerprint density at radius 3 is 1.19 bits per heavy atom. The van der Waals surface area contributed by atoms with E-state index in [1.807, 2.05) is 54.6 Å². The molecule has 0 heterocycles. The Labute approximate surface area is 337 Å². The van der Waals surface area contributed by atoms with E-state index in [2.05, 4.69) is 179 Å². The van der Waals surface area contributed by atoms with Gasteiger partial charge in [-0.3, -0.25) is 0 Å². The molecule has 0 saturated heterocycles. The van der Waals surface area contributed by atoms with Crippen LogP contribution in [0.1, 0.15) is 22.3 Å². The Morgan fingerprint density at radius 2 is 0.719 bits per heavy atom. The van der Waals surface area contributed by atoms with E-state index in [4.69, 9.17) is 14.0 Å². The van der Waals surface area contributed by atoms with Gasteiger partial charge in [-0.05, 0) is 0 Å². The second-order valence-electron chi connectivity index (χ2n) is 14.7. The number of rotatable bonds is 12. The topological polar surface area (TPSA) is 27.7 Å². The van der Waals surface area contributed by atoms with Crippen molar-refractivity contribution in [3.05, 3.63) is 229 Å². The molecule has 0 aliphatic carbocycles. The average Bonchev–Trinajstić information content (AvgIpc) is 3.25. The molecule has 8 rings (SSSR count). The Balaban J connectivity index is 1.43. The zero-order chi connectivity index (χ0) is 39.3. The van der Waals surface area contributed by atoms with Gasteiger partial charge in [0, 0.05) is 0 Å². The molecule has 0 bridgehead atoms. The Kier molecular flexibility index (Phi) is 10.6. The Hall–Kier alpha value is -6.35. The van der Waals surface area contributed by atoms with Gasteiger partial charge in [-0.1, -0.05) is 0 Å². The van der Waals surface area contributed by atoms with Crippen LogP contribution in [0.5, 0.6) is 17.2 Å². The van der Waals surface area contributed by atoms with E-state index >= 15 is 0 Å². The van der Waals surface area contributed by atoms with Gasteiger partial charge in [0.1, 0.15) is 0 Å². The Morgan fingerprint density at radius 1 is 0.333 bits per heavy atom. The summed E-state index contributed by atoms with van der Waals surface area (Å²) in [5, 5.41) is 6.20. The van der Waals surface area contributed by atoms with Gasteiger partial charge in [-0.2, -0.15) is 0 Å². The third-order valence-corrected chi connectivity index (χ3v) is 17.6. The molecule has 280 valence electrons. The summed E-state index contributed by atoms with van der Waals surface area (Å²) in [6, 6.07) is 73.7. The van der Waals surface area contributed by atoms with Crippen LogP contribution < -0.4 is 40.5 Å². The predicted molar refractivity (Wildman–Crippen MR) is 242 cm³/mol. The molecule has 8 aromatic carbocycles. The molecule has 8 aromatic rings. The maximum absolute atomic E-state index is 6.93. The molecule has 0 saturated carbocycles. The van der Waals surface area contributed by atoms with Crippen LogP contribution in [0.25, 0.3) is 11.1 Å². The summed E-state index contributed by atoms with van der Waals surface area (Å²) in [7, 11) is -1.09. The van der Waals surface area contributed by atoms with Gasteiger partial charge < -0.3 is 0 Å². The van der Waals surface area contributed by atoms with Gasteiger partial charge in [-0.25, -0.2) is 0 Å². The summed E-state index contributed by atoms with van der Waals surface area (Å²) < 4.78 is 19.9. The fourth-order valence-electron chi connectivity index (χ4n) is 8.15. The van der Waals surface area contributed by atoms with Crippen molar-refractivity contribution in [1.29, 1.82) is 0 Å². The molecule has 57 heavy (non-hydrogen) atoms. The van der Waals surface area contributed by atoms with Crippen molar-refractivity contribution < 1.29 is 14.0 Å². The summed E-state index contributed by atoms with van der Waals surface area (Å²) in [5.41, 5.74) is 6.61. The van der Waals surface area contributed by atoms with Crippen molar-refractivity contribution in [2.75, 3.05) is 0 Å². The van der Waals surface area contributed by atoms with Crippen molar-refractivity contribution in [2.45, 2.75) is 27.7 Å². The quantitative estimate of drug-likeness (QED) is 0.0917. The van der Waals surface area contributed by atoms with Gasteiger partial charge in [0.25, 0.3) is 0 Å². The van der Waals surface area contributed by atoms with Crippen molar-refractivity contribution in [1.82, 2.24) is 0 Å². The zero-order valence-electron chi connectivity index (χ0n) is 32.9. The van der Waals surface area contributed by atoms with Crippen LogP contribution in [-0.2, 0) is 0 Å². The second-order valence-corrected chi connectivity index (χ2v) is 19.5. The summed E-state index contributed by atoms with van der Waals surface area (Å²) in [5.74, 6) is 1.94. The van der Waals surface area contributed by atoms with Crippen LogP contribution in [-0.4, -0.2) is 7.32 Å². The SMILES string of the molecule is Cc1ccc(OB(Oc2ccc(C)cc2)Oc2ccc(C)cc2-c2ccccc2P(c2ccccc2)(c2ccccc2)(c2ccccc2)c2ccc(C)cc2)cc1. The van der Waals surface area contributed by atoms with E-state index < -0.39 is 13.9 Å². The molecule has 0 atom stereocenters. The molecule has 5 heteroatoms. The third kappa shape index (κ3) is 6.92. The van der Waals surface area contributed by atoms with Crippen molar-refractivity contribution >= 4 is 40.4 Å². The molecule has 0 aliphatic heterocycles. The van der Waals surface area contributed by atoms with Crippen LogP contribution in [0.2, 0.25) is 0 Å². The van der Waals surface area contributed by atoms with Crippen molar-refractivity contribution in [3.63, 3.8) is 0 Å². The molecule has 3 nitrogen and oxygen atoms in total. The monoisotopic (exact) mass is 760 g/mol. The van der Waals surface area contributed by atoms with Crippen molar-refractivity contribution in [3.8, 4) is 28.4 Å². The first-order valence-corrected chi connectivity index (χ1v) is 21.7. The van der Waals surface area contributed by atoms with Crippen LogP contribution in [0.4, 0.5) is 0 Å². The normalized spacial score (nSPS) is 11.9. The summed E-state index contributed by atoms with van der Waals surface area (Å²) in [6.45, 7) is 4.54. The van der Waals surface area contributed by atoms with Crippen molar-refractivity contribution in [2.24, 2.45) is 0 Å². The molecule has 0 radical (unpaired) electrons. The fourth-order valence-corrected chi connectivity index (χ4v) is 15.2. The molecular formula is C52H46BO3P. The van der Waals surface area contributed by atoms with Crippen LogP contribution in [0.3, 0.4) is 0 Å². The molecule has 0 fully saturated rings. The van der Waals surface area contributed by atoms with E-state index in [9.17, 15) is 0 Å². The van der Waals surface area contributed by atoms with Crippen LogP contribution in [0.15, 0.2) is 206 Å². The number of aryl methyl sites for hydroxylation is 4. The molecule has 0 aromatic heterocycles. The Bertz CT molecular complexity index is 2430. The number of hydrogen-bond donors (Lipinski definition) is 0. The maximum atomic E-state index is 6.93. The van der Waals surface area contributed by atoms with Crippen LogP contribution in [0, 0.1) is 27.7 Å². The van der Waals surface area contributed by atoms with Gasteiger partial charge in [-0.15, -0.1) is 0 Å². The third-order valence-electron chi connectivity index (χ3n) is 10.9. The predicted octanol–water partition coefficient (Wildman–Crippen LogP) is 10.6. The standard InChI is InChI=1S/C52H46BO3P/c1-39-24-31-43(32-25-39)54-53(55-44-33-26-40(2)27-34-44)56-51-37-30-42(4)38-50(51)49-22-14-15-23-52(49)57(45-16-8-5-9-17-45,46-18-10-6-11-19-46,47-20-12-7-13-21-47)48-35-28-41(3)29-36-48/h5-38H,1-4H3.